The highest BCUT2D eigenvalue weighted by molar-refractivity contribution is 7.99. The van der Waals surface area contributed by atoms with Crippen molar-refractivity contribution >= 4 is 11.8 Å². The Kier molecular flexibility index (Phi) is 5.94. The predicted molar refractivity (Wildman–Crippen MR) is 90.0 cm³/mol. The maximum absolute atomic E-state index is 5.72. The number of hydrogen-bond acceptors (Lipinski definition) is 3. The Morgan fingerprint density at radius 2 is 2.05 bits per heavy atom. The molecule has 1 aromatic rings. The van der Waals surface area contributed by atoms with E-state index in [-0.39, 0.29) is 0 Å². The summed E-state index contributed by atoms with van der Waals surface area (Å²) in [6.07, 6.45) is 2.39. The summed E-state index contributed by atoms with van der Waals surface area (Å²) in [7, 11) is 0. The Morgan fingerprint density at radius 3 is 2.70 bits per heavy atom. The zero-order valence-corrected chi connectivity index (χ0v) is 13.7. The molecule has 1 saturated heterocycles. The number of hydrogen-bond donors (Lipinski definition) is 1. The first-order valence-electron chi connectivity index (χ1n) is 7.66. The highest BCUT2D eigenvalue weighted by atomic mass is 32.2. The lowest BCUT2D eigenvalue weighted by atomic mass is 9.87. The second-order valence-electron chi connectivity index (χ2n) is 6.64. The lowest BCUT2D eigenvalue weighted by molar-refractivity contribution is 0.151. The first-order chi connectivity index (χ1) is 9.61. The summed E-state index contributed by atoms with van der Waals surface area (Å²) in [6, 6.07) is 11.5. The van der Waals surface area contributed by atoms with Crippen LogP contribution in [0.4, 0.5) is 0 Å². The van der Waals surface area contributed by atoms with Gasteiger partial charge < -0.3 is 5.73 Å². The van der Waals surface area contributed by atoms with Crippen LogP contribution in [-0.2, 0) is 6.54 Å². The second-order valence-corrected chi connectivity index (χ2v) is 7.67. The van der Waals surface area contributed by atoms with Crippen molar-refractivity contribution in [2.45, 2.75) is 39.3 Å². The maximum Gasteiger partial charge on any atom is 0.0237 e. The lowest BCUT2D eigenvalue weighted by Crippen LogP contribution is -2.44. The number of thioether (sulfide) groups is 1. The lowest BCUT2D eigenvalue weighted by Gasteiger charge is -2.41. The van der Waals surface area contributed by atoms with E-state index < -0.39 is 0 Å². The molecule has 0 saturated carbocycles. The van der Waals surface area contributed by atoms with Crippen LogP contribution >= 0.6 is 11.8 Å². The van der Waals surface area contributed by atoms with Crippen LogP contribution in [-0.4, -0.2) is 35.5 Å². The van der Waals surface area contributed by atoms with E-state index in [1.165, 1.54) is 23.5 Å². The van der Waals surface area contributed by atoms with Gasteiger partial charge in [0.1, 0.15) is 0 Å². The van der Waals surface area contributed by atoms with Crippen molar-refractivity contribution in [3.05, 3.63) is 35.9 Å². The summed E-state index contributed by atoms with van der Waals surface area (Å²) in [4.78, 5) is 2.65. The highest BCUT2D eigenvalue weighted by Gasteiger charge is 2.31. The molecule has 2 N–H and O–H groups in total. The third-order valence-corrected chi connectivity index (χ3v) is 5.59. The molecule has 1 aliphatic heterocycles. The van der Waals surface area contributed by atoms with Crippen LogP contribution in [0.15, 0.2) is 30.3 Å². The number of nitrogens with zero attached hydrogens (tertiary/aromatic N) is 1. The number of benzene rings is 1. The zero-order chi connectivity index (χ0) is 14.4. The topological polar surface area (TPSA) is 29.3 Å². The van der Waals surface area contributed by atoms with Crippen LogP contribution in [0.1, 0.15) is 32.3 Å². The summed E-state index contributed by atoms with van der Waals surface area (Å²) in [5.41, 5.74) is 7.60. The van der Waals surface area contributed by atoms with Gasteiger partial charge in [0.05, 0.1) is 0 Å². The second kappa shape index (κ2) is 7.48. The van der Waals surface area contributed by atoms with E-state index in [2.05, 4.69) is 60.8 Å². The average Bonchev–Trinajstić information content (AvgIpc) is 2.43. The van der Waals surface area contributed by atoms with Crippen molar-refractivity contribution in [2.24, 2.45) is 11.1 Å². The van der Waals surface area contributed by atoms with E-state index in [0.29, 0.717) is 11.5 Å². The minimum absolute atomic E-state index is 0.464. The Bertz CT molecular complexity index is 391. The standard InChI is InChI=1S/C17H28N2S/c1-17(2)11-16(13-20-14-17)19(10-6-9-18)12-15-7-4-3-5-8-15/h3-5,7-8,16H,6,9-14,18H2,1-2H3. The average molecular weight is 292 g/mol. The minimum atomic E-state index is 0.464. The smallest absolute Gasteiger partial charge is 0.0237 e. The van der Waals surface area contributed by atoms with Crippen molar-refractivity contribution in [2.75, 3.05) is 24.6 Å². The number of nitrogens with two attached hydrogens (primary N) is 1. The zero-order valence-electron chi connectivity index (χ0n) is 12.8. The van der Waals surface area contributed by atoms with Gasteiger partial charge in [-0.1, -0.05) is 44.2 Å². The molecule has 1 heterocycles. The fraction of sp³-hybridized carbons (Fsp3) is 0.647. The largest absolute Gasteiger partial charge is 0.330 e. The molecule has 0 amide bonds. The Morgan fingerprint density at radius 1 is 1.30 bits per heavy atom. The van der Waals surface area contributed by atoms with Gasteiger partial charge in [0.25, 0.3) is 0 Å². The van der Waals surface area contributed by atoms with Crippen molar-refractivity contribution in [1.29, 1.82) is 0 Å². The summed E-state index contributed by atoms with van der Waals surface area (Å²) < 4.78 is 0. The van der Waals surface area contributed by atoms with E-state index in [4.69, 9.17) is 5.73 Å². The van der Waals surface area contributed by atoms with Crippen LogP contribution in [0.25, 0.3) is 0 Å². The number of rotatable bonds is 6. The van der Waals surface area contributed by atoms with Crippen LogP contribution in [0.2, 0.25) is 0 Å². The van der Waals surface area contributed by atoms with Crippen LogP contribution < -0.4 is 5.73 Å². The molecule has 0 aromatic heterocycles. The van der Waals surface area contributed by atoms with E-state index in [0.717, 1.165) is 26.1 Å². The summed E-state index contributed by atoms with van der Waals surface area (Å²) in [5.74, 6) is 2.56. The molecular weight excluding hydrogens is 264 g/mol. The fourth-order valence-corrected chi connectivity index (χ4v) is 4.35. The molecule has 1 atom stereocenters. The molecule has 3 heteroatoms. The Hall–Kier alpha value is -0.510. The summed E-state index contributed by atoms with van der Waals surface area (Å²) >= 11 is 2.11. The van der Waals surface area contributed by atoms with Gasteiger partial charge in [-0.05, 0) is 36.1 Å². The van der Waals surface area contributed by atoms with Gasteiger partial charge in [-0.2, -0.15) is 11.8 Å². The van der Waals surface area contributed by atoms with Gasteiger partial charge >= 0.3 is 0 Å². The molecule has 0 bridgehead atoms. The van der Waals surface area contributed by atoms with Crippen LogP contribution in [0, 0.1) is 5.41 Å². The van der Waals surface area contributed by atoms with Crippen molar-refractivity contribution < 1.29 is 0 Å². The van der Waals surface area contributed by atoms with E-state index in [9.17, 15) is 0 Å². The molecule has 112 valence electrons. The van der Waals surface area contributed by atoms with Crippen LogP contribution in [0.3, 0.4) is 0 Å². The Labute approximate surface area is 128 Å². The SMILES string of the molecule is CC1(C)CSCC(N(CCCN)Cc2ccccc2)C1. The molecular formula is C17H28N2S. The van der Waals surface area contributed by atoms with Gasteiger partial charge in [0.15, 0.2) is 0 Å². The molecule has 0 radical (unpaired) electrons. The summed E-state index contributed by atoms with van der Waals surface area (Å²) in [5, 5.41) is 0. The van der Waals surface area contributed by atoms with Crippen molar-refractivity contribution in [3.8, 4) is 0 Å². The fourth-order valence-electron chi connectivity index (χ4n) is 2.96. The quantitative estimate of drug-likeness (QED) is 0.871. The molecule has 0 aliphatic carbocycles. The van der Waals surface area contributed by atoms with Gasteiger partial charge in [-0.15, -0.1) is 0 Å². The minimum Gasteiger partial charge on any atom is -0.330 e. The third-order valence-electron chi connectivity index (χ3n) is 3.99. The monoisotopic (exact) mass is 292 g/mol. The van der Waals surface area contributed by atoms with Gasteiger partial charge in [0.2, 0.25) is 0 Å². The predicted octanol–water partition coefficient (Wildman–Crippen LogP) is 3.37. The molecule has 1 fully saturated rings. The van der Waals surface area contributed by atoms with Gasteiger partial charge in [0, 0.05) is 24.9 Å². The van der Waals surface area contributed by atoms with Crippen LogP contribution in [0.5, 0.6) is 0 Å². The third kappa shape index (κ3) is 4.80. The molecule has 1 unspecified atom stereocenters. The van der Waals surface area contributed by atoms with Gasteiger partial charge in [-0.25, -0.2) is 0 Å². The van der Waals surface area contributed by atoms with Crippen molar-refractivity contribution in [1.82, 2.24) is 4.90 Å². The highest BCUT2D eigenvalue weighted by Crippen LogP contribution is 2.36. The normalized spacial score (nSPS) is 22.1. The first kappa shape index (κ1) is 15.9. The maximum atomic E-state index is 5.72. The van der Waals surface area contributed by atoms with E-state index in [1.54, 1.807) is 0 Å². The molecule has 2 rings (SSSR count). The molecule has 0 spiro atoms. The molecule has 2 nitrogen and oxygen atoms in total. The van der Waals surface area contributed by atoms with Crippen molar-refractivity contribution in [3.63, 3.8) is 0 Å². The van der Waals surface area contributed by atoms with E-state index >= 15 is 0 Å². The first-order valence-corrected chi connectivity index (χ1v) is 8.82. The summed E-state index contributed by atoms with van der Waals surface area (Å²) in [6.45, 7) is 7.76. The van der Waals surface area contributed by atoms with E-state index in [1.807, 2.05) is 0 Å². The molecule has 20 heavy (non-hydrogen) atoms. The molecule has 1 aliphatic rings. The molecule has 1 aromatic carbocycles. The Balaban J connectivity index is 2.02. The van der Waals surface area contributed by atoms with Gasteiger partial charge in [-0.3, -0.25) is 4.90 Å².